The summed E-state index contributed by atoms with van der Waals surface area (Å²) in [5.41, 5.74) is 1.82. The Morgan fingerprint density at radius 1 is 1.11 bits per heavy atom. The zero-order valence-electron chi connectivity index (χ0n) is 12.6. The summed E-state index contributed by atoms with van der Waals surface area (Å²) in [5.74, 6) is -0.0657. The van der Waals surface area contributed by atoms with Gasteiger partial charge in [-0.05, 0) is 37.9 Å². The van der Waals surface area contributed by atoms with Crippen LogP contribution in [0.1, 0.15) is 69.5 Å². The monoisotopic (exact) mass is 265 g/mol. The Hall–Kier alpha value is -0.890. The average Bonchev–Trinajstić information content (AvgIpc) is 2.39. The van der Waals surface area contributed by atoms with Gasteiger partial charge in [0.15, 0.2) is 0 Å². The van der Waals surface area contributed by atoms with E-state index in [4.69, 9.17) is 0 Å². The summed E-state index contributed by atoms with van der Waals surface area (Å²) in [5, 5.41) is 3.48. The number of rotatable bonds is 9. The molecular weight excluding hydrogens is 237 g/mol. The standard InChI is InChI=1S/C17H28FN/c1-4-6-7-8-9-17(19-12-5-2)15-11-10-14(3)13-16(15)18/h10-11,13,17,19H,4-9,12H2,1-3H3. The zero-order valence-corrected chi connectivity index (χ0v) is 12.6. The molecular formula is C17H28FN. The molecule has 0 amide bonds. The minimum atomic E-state index is -0.0657. The Balaban J connectivity index is 2.66. The van der Waals surface area contributed by atoms with Gasteiger partial charge in [-0.3, -0.25) is 0 Å². The highest BCUT2D eigenvalue weighted by Gasteiger charge is 2.14. The summed E-state index contributed by atoms with van der Waals surface area (Å²) in [7, 11) is 0. The van der Waals surface area contributed by atoms with Gasteiger partial charge in [-0.15, -0.1) is 0 Å². The third-order valence-electron chi connectivity index (χ3n) is 3.52. The Morgan fingerprint density at radius 3 is 2.53 bits per heavy atom. The van der Waals surface area contributed by atoms with Crippen molar-refractivity contribution in [1.29, 1.82) is 0 Å². The Morgan fingerprint density at radius 2 is 1.89 bits per heavy atom. The number of benzene rings is 1. The molecule has 1 rings (SSSR count). The molecule has 0 radical (unpaired) electrons. The Labute approximate surface area is 117 Å². The van der Waals surface area contributed by atoms with Gasteiger partial charge in [-0.2, -0.15) is 0 Å². The Kier molecular flexibility index (Phi) is 7.73. The van der Waals surface area contributed by atoms with E-state index in [-0.39, 0.29) is 11.9 Å². The molecule has 1 unspecified atom stereocenters. The molecule has 0 heterocycles. The summed E-state index contributed by atoms with van der Waals surface area (Å²) in [6.07, 6.45) is 7.04. The highest BCUT2D eigenvalue weighted by atomic mass is 19.1. The van der Waals surface area contributed by atoms with Gasteiger partial charge in [0.05, 0.1) is 0 Å². The molecule has 108 valence electrons. The summed E-state index contributed by atoms with van der Waals surface area (Å²) >= 11 is 0. The molecule has 1 aromatic rings. The van der Waals surface area contributed by atoms with Crippen molar-refractivity contribution >= 4 is 0 Å². The van der Waals surface area contributed by atoms with Gasteiger partial charge in [-0.25, -0.2) is 4.39 Å². The molecule has 0 bridgehead atoms. The smallest absolute Gasteiger partial charge is 0.128 e. The molecule has 0 fully saturated rings. The second kappa shape index (κ2) is 9.08. The maximum absolute atomic E-state index is 14.1. The van der Waals surface area contributed by atoms with Gasteiger partial charge in [-0.1, -0.05) is 51.7 Å². The van der Waals surface area contributed by atoms with Gasteiger partial charge in [0.2, 0.25) is 0 Å². The van der Waals surface area contributed by atoms with Crippen molar-refractivity contribution in [3.05, 3.63) is 35.1 Å². The van der Waals surface area contributed by atoms with Crippen molar-refractivity contribution in [2.24, 2.45) is 0 Å². The van der Waals surface area contributed by atoms with E-state index in [0.29, 0.717) is 0 Å². The molecule has 0 aliphatic heterocycles. The molecule has 1 N–H and O–H groups in total. The minimum Gasteiger partial charge on any atom is -0.310 e. The second-order valence-electron chi connectivity index (χ2n) is 5.38. The molecule has 0 saturated carbocycles. The first-order valence-corrected chi connectivity index (χ1v) is 7.68. The second-order valence-corrected chi connectivity index (χ2v) is 5.38. The van der Waals surface area contributed by atoms with E-state index >= 15 is 0 Å². The SMILES string of the molecule is CCCCCCC(NCCC)c1ccc(C)cc1F. The number of aryl methyl sites for hydroxylation is 1. The number of nitrogens with one attached hydrogen (secondary N) is 1. The van der Waals surface area contributed by atoms with Crippen molar-refractivity contribution in [3.63, 3.8) is 0 Å². The van der Waals surface area contributed by atoms with Gasteiger partial charge >= 0.3 is 0 Å². The average molecular weight is 265 g/mol. The summed E-state index contributed by atoms with van der Waals surface area (Å²) < 4.78 is 14.1. The lowest BCUT2D eigenvalue weighted by Gasteiger charge is -2.20. The summed E-state index contributed by atoms with van der Waals surface area (Å²) in [4.78, 5) is 0. The van der Waals surface area contributed by atoms with Crippen LogP contribution in [0.4, 0.5) is 4.39 Å². The van der Waals surface area contributed by atoms with E-state index in [1.54, 1.807) is 6.07 Å². The third-order valence-corrected chi connectivity index (χ3v) is 3.52. The van der Waals surface area contributed by atoms with Crippen LogP contribution < -0.4 is 5.32 Å². The fraction of sp³-hybridized carbons (Fsp3) is 0.647. The van der Waals surface area contributed by atoms with E-state index in [1.165, 1.54) is 25.7 Å². The minimum absolute atomic E-state index is 0.0657. The topological polar surface area (TPSA) is 12.0 Å². The van der Waals surface area contributed by atoms with Crippen LogP contribution in [0.15, 0.2) is 18.2 Å². The molecule has 0 aliphatic rings. The van der Waals surface area contributed by atoms with Crippen molar-refractivity contribution in [2.75, 3.05) is 6.54 Å². The van der Waals surface area contributed by atoms with Crippen LogP contribution in [0.25, 0.3) is 0 Å². The number of hydrogen-bond acceptors (Lipinski definition) is 1. The maximum Gasteiger partial charge on any atom is 0.128 e. The number of hydrogen-bond donors (Lipinski definition) is 1. The van der Waals surface area contributed by atoms with Crippen molar-refractivity contribution < 1.29 is 4.39 Å². The molecule has 1 nitrogen and oxygen atoms in total. The normalized spacial score (nSPS) is 12.6. The fourth-order valence-electron chi connectivity index (χ4n) is 2.38. The molecule has 1 atom stereocenters. The molecule has 0 saturated heterocycles. The van der Waals surface area contributed by atoms with Crippen LogP contribution in [0.2, 0.25) is 0 Å². The highest BCUT2D eigenvalue weighted by molar-refractivity contribution is 5.26. The lowest BCUT2D eigenvalue weighted by Crippen LogP contribution is -2.23. The predicted molar refractivity (Wildman–Crippen MR) is 80.9 cm³/mol. The lowest BCUT2D eigenvalue weighted by atomic mass is 9.98. The van der Waals surface area contributed by atoms with Crippen LogP contribution in [0, 0.1) is 12.7 Å². The Bertz CT molecular complexity index is 362. The van der Waals surface area contributed by atoms with Crippen molar-refractivity contribution in [2.45, 2.75) is 65.3 Å². The van der Waals surface area contributed by atoms with Gasteiger partial charge in [0.25, 0.3) is 0 Å². The first kappa shape index (κ1) is 16.2. The van der Waals surface area contributed by atoms with Gasteiger partial charge < -0.3 is 5.32 Å². The third kappa shape index (κ3) is 5.73. The van der Waals surface area contributed by atoms with Crippen LogP contribution in [-0.4, -0.2) is 6.54 Å². The number of unbranched alkanes of at least 4 members (excludes halogenated alkanes) is 3. The number of halogens is 1. The van der Waals surface area contributed by atoms with E-state index in [0.717, 1.165) is 30.5 Å². The van der Waals surface area contributed by atoms with Crippen LogP contribution in [0.3, 0.4) is 0 Å². The summed E-state index contributed by atoms with van der Waals surface area (Å²) in [6, 6.07) is 5.75. The zero-order chi connectivity index (χ0) is 14.1. The first-order chi connectivity index (χ1) is 9.19. The summed E-state index contributed by atoms with van der Waals surface area (Å²) in [6.45, 7) is 7.24. The van der Waals surface area contributed by atoms with E-state index in [2.05, 4.69) is 19.2 Å². The van der Waals surface area contributed by atoms with E-state index in [9.17, 15) is 4.39 Å². The molecule has 0 aromatic heterocycles. The fourth-order valence-corrected chi connectivity index (χ4v) is 2.38. The molecule has 1 aromatic carbocycles. The van der Waals surface area contributed by atoms with Crippen molar-refractivity contribution in [1.82, 2.24) is 5.32 Å². The highest BCUT2D eigenvalue weighted by Crippen LogP contribution is 2.23. The van der Waals surface area contributed by atoms with Crippen molar-refractivity contribution in [3.8, 4) is 0 Å². The van der Waals surface area contributed by atoms with Crippen LogP contribution in [0.5, 0.6) is 0 Å². The largest absolute Gasteiger partial charge is 0.310 e. The first-order valence-electron chi connectivity index (χ1n) is 7.68. The van der Waals surface area contributed by atoms with Gasteiger partial charge in [0.1, 0.15) is 5.82 Å². The van der Waals surface area contributed by atoms with Crippen LogP contribution >= 0.6 is 0 Å². The quantitative estimate of drug-likeness (QED) is 0.609. The molecule has 2 heteroatoms. The predicted octanol–water partition coefficient (Wildman–Crippen LogP) is 5.15. The van der Waals surface area contributed by atoms with E-state index in [1.807, 2.05) is 19.1 Å². The van der Waals surface area contributed by atoms with Gasteiger partial charge in [0, 0.05) is 11.6 Å². The molecule has 19 heavy (non-hydrogen) atoms. The molecule has 0 spiro atoms. The maximum atomic E-state index is 14.1. The lowest BCUT2D eigenvalue weighted by molar-refractivity contribution is 0.451. The van der Waals surface area contributed by atoms with Crippen LogP contribution in [-0.2, 0) is 0 Å². The van der Waals surface area contributed by atoms with E-state index < -0.39 is 0 Å². The molecule has 0 aliphatic carbocycles.